The lowest BCUT2D eigenvalue weighted by molar-refractivity contribution is 0.0501. The maximum atomic E-state index is 12.4. The van der Waals surface area contributed by atoms with Gasteiger partial charge < -0.3 is 13.7 Å². The largest absolute Gasteiger partial charge is 0.472 e. The monoisotopic (exact) mass is 298 g/mol. The fraction of sp³-hybridized carbons (Fsp3) is 0.250. The summed E-state index contributed by atoms with van der Waals surface area (Å²) in [5, 5.41) is 0. The van der Waals surface area contributed by atoms with Crippen LogP contribution in [0.1, 0.15) is 15.9 Å². The molecule has 1 aromatic carbocycles. The molecule has 2 aromatic heterocycles. The molecule has 0 unspecified atom stereocenters. The van der Waals surface area contributed by atoms with Gasteiger partial charge in [-0.2, -0.15) is 0 Å². The van der Waals surface area contributed by atoms with Crippen LogP contribution in [0.4, 0.5) is 0 Å². The van der Waals surface area contributed by atoms with Crippen LogP contribution in [0.25, 0.3) is 11.1 Å². The minimum atomic E-state index is -0.510. The highest BCUT2D eigenvalue weighted by atomic mass is 16.4. The predicted octanol–water partition coefficient (Wildman–Crippen LogP) is 2.03. The van der Waals surface area contributed by atoms with Crippen molar-refractivity contribution < 1.29 is 13.6 Å². The van der Waals surface area contributed by atoms with Gasteiger partial charge in [0.15, 0.2) is 5.58 Å². The van der Waals surface area contributed by atoms with Crippen molar-refractivity contribution in [3.05, 3.63) is 58.5 Å². The second-order valence-electron chi connectivity index (χ2n) is 5.64. The molecule has 1 N–H and O–H groups in total. The van der Waals surface area contributed by atoms with E-state index in [4.69, 9.17) is 8.83 Å². The van der Waals surface area contributed by atoms with Crippen LogP contribution in [0.3, 0.4) is 0 Å². The molecule has 0 radical (unpaired) electrons. The van der Waals surface area contributed by atoms with E-state index in [1.165, 1.54) is 0 Å². The first kappa shape index (κ1) is 12.9. The Hall–Kier alpha value is -2.76. The van der Waals surface area contributed by atoms with Gasteiger partial charge in [-0.25, -0.2) is 4.79 Å². The molecule has 0 atom stereocenters. The average Bonchev–Trinajstić information content (AvgIpc) is 3.08. The Morgan fingerprint density at radius 1 is 1.32 bits per heavy atom. The Kier molecular flexibility index (Phi) is 2.89. The first-order chi connectivity index (χ1) is 10.7. The quantitative estimate of drug-likeness (QED) is 0.802. The summed E-state index contributed by atoms with van der Waals surface area (Å²) in [4.78, 5) is 27.9. The number of likely N-dealkylation sites (tertiary alicyclic amines) is 1. The van der Waals surface area contributed by atoms with Crippen LogP contribution in [-0.4, -0.2) is 28.9 Å². The summed E-state index contributed by atoms with van der Waals surface area (Å²) in [7, 11) is 0. The van der Waals surface area contributed by atoms with Gasteiger partial charge in [0, 0.05) is 18.7 Å². The summed E-state index contributed by atoms with van der Waals surface area (Å²) in [6, 6.07) is 6.94. The highest BCUT2D eigenvalue weighted by Gasteiger charge is 2.31. The van der Waals surface area contributed by atoms with Crippen LogP contribution in [0.15, 0.2) is 50.4 Å². The topological polar surface area (TPSA) is 79.5 Å². The number of aromatic nitrogens is 1. The molecule has 3 heterocycles. The van der Waals surface area contributed by atoms with Gasteiger partial charge in [-0.15, -0.1) is 0 Å². The molecular weight excluding hydrogens is 284 g/mol. The van der Waals surface area contributed by atoms with Crippen LogP contribution >= 0.6 is 0 Å². The molecule has 0 aliphatic carbocycles. The average molecular weight is 298 g/mol. The number of furan rings is 1. The van der Waals surface area contributed by atoms with E-state index < -0.39 is 5.76 Å². The molecule has 0 saturated carbocycles. The van der Waals surface area contributed by atoms with Crippen molar-refractivity contribution in [3.63, 3.8) is 0 Å². The lowest BCUT2D eigenvalue weighted by Gasteiger charge is -2.39. The van der Waals surface area contributed by atoms with Crippen molar-refractivity contribution in [2.24, 2.45) is 5.92 Å². The number of carbonyl (C=O) groups is 1. The first-order valence-electron chi connectivity index (χ1n) is 7.12. The van der Waals surface area contributed by atoms with Crippen molar-refractivity contribution in [1.29, 1.82) is 0 Å². The number of amides is 1. The van der Waals surface area contributed by atoms with E-state index >= 15 is 0 Å². The molecule has 0 spiro atoms. The van der Waals surface area contributed by atoms with Crippen LogP contribution in [-0.2, 0) is 6.42 Å². The van der Waals surface area contributed by atoms with Crippen LogP contribution in [0, 0.1) is 5.92 Å². The fourth-order valence-electron chi connectivity index (χ4n) is 2.87. The molecule has 112 valence electrons. The molecule has 4 rings (SSSR count). The summed E-state index contributed by atoms with van der Waals surface area (Å²) in [5.41, 5.74) is 2.73. The molecule has 22 heavy (non-hydrogen) atoms. The maximum absolute atomic E-state index is 12.4. The van der Waals surface area contributed by atoms with Gasteiger partial charge in [-0.1, -0.05) is 0 Å². The third kappa shape index (κ3) is 2.22. The number of hydrogen-bond donors (Lipinski definition) is 1. The predicted molar refractivity (Wildman–Crippen MR) is 78.6 cm³/mol. The summed E-state index contributed by atoms with van der Waals surface area (Å²) in [6.45, 7) is 1.48. The Morgan fingerprint density at radius 2 is 2.18 bits per heavy atom. The van der Waals surface area contributed by atoms with E-state index in [-0.39, 0.29) is 5.91 Å². The smallest absolute Gasteiger partial charge is 0.417 e. The molecule has 1 amide bonds. The first-order valence-corrected chi connectivity index (χ1v) is 7.12. The number of nitrogens with zero attached hydrogens (tertiary/aromatic N) is 1. The molecule has 1 aliphatic heterocycles. The Labute approximate surface area is 125 Å². The van der Waals surface area contributed by atoms with E-state index in [0.717, 1.165) is 25.1 Å². The van der Waals surface area contributed by atoms with Crippen molar-refractivity contribution >= 4 is 17.0 Å². The van der Waals surface area contributed by atoms with Crippen LogP contribution in [0.5, 0.6) is 0 Å². The molecule has 0 bridgehead atoms. The van der Waals surface area contributed by atoms with Crippen molar-refractivity contribution in [3.8, 4) is 0 Å². The molecule has 1 aliphatic rings. The summed E-state index contributed by atoms with van der Waals surface area (Å²) in [6.07, 6.45) is 4.33. The summed E-state index contributed by atoms with van der Waals surface area (Å²) >= 11 is 0. The van der Waals surface area contributed by atoms with Gasteiger partial charge in [0.2, 0.25) is 0 Å². The summed E-state index contributed by atoms with van der Waals surface area (Å²) < 4.78 is 9.99. The normalized spacial score (nSPS) is 15.2. The number of fused-ring (bicyclic) bond motifs is 1. The number of oxazole rings is 1. The number of hydrogen-bond acceptors (Lipinski definition) is 4. The summed E-state index contributed by atoms with van der Waals surface area (Å²) in [5.74, 6) is -0.0601. The number of aromatic amines is 1. The fourth-order valence-corrected chi connectivity index (χ4v) is 2.87. The molecular formula is C16H14N2O4. The zero-order chi connectivity index (χ0) is 15.1. The molecule has 3 aromatic rings. The number of carbonyl (C=O) groups excluding carboxylic acids is 1. The number of nitrogens with one attached hydrogen (secondary N) is 1. The van der Waals surface area contributed by atoms with Gasteiger partial charge in [0.05, 0.1) is 18.0 Å². The van der Waals surface area contributed by atoms with Gasteiger partial charge in [0.1, 0.15) is 0 Å². The van der Waals surface area contributed by atoms with Crippen LogP contribution in [0.2, 0.25) is 0 Å². The van der Waals surface area contributed by atoms with Crippen molar-refractivity contribution in [2.75, 3.05) is 13.1 Å². The Balaban J connectivity index is 1.44. The lowest BCUT2D eigenvalue weighted by atomic mass is 9.92. The minimum Gasteiger partial charge on any atom is -0.472 e. The SMILES string of the molecule is O=C(c1ccc2oc(=O)[nH]c2c1)N1CC(Cc2ccoc2)C1. The van der Waals surface area contributed by atoms with Crippen molar-refractivity contribution in [1.82, 2.24) is 9.88 Å². The zero-order valence-corrected chi connectivity index (χ0v) is 11.7. The molecule has 6 heteroatoms. The molecule has 1 saturated heterocycles. The standard InChI is InChI=1S/C16H14N2O4/c19-15(12-1-2-14-13(6-12)17-16(20)22-14)18-7-11(8-18)5-10-3-4-21-9-10/h1-4,6,9,11H,5,7-8H2,(H,17,20). The third-order valence-corrected chi connectivity index (χ3v) is 4.01. The van der Waals surface area contributed by atoms with Gasteiger partial charge in [-0.05, 0) is 42.2 Å². The van der Waals surface area contributed by atoms with E-state index in [1.807, 2.05) is 11.0 Å². The van der Waals surface area contributed by atoms with E-state index in [0.29, 0.717) is 22.6 Å². The van der Waals surface area contributed by atoms with Crippen LogP contribution < -0.4 is 5.76 Å². The van der Waals surface area contributed by atoms with E-state index in [2.05, 4.69) is 4.98 Å². The van der Waals surface area contributed by atoms with Gasteiger partial charge in [-0.3, -0.25) is 9.78 Å². The van der Waals surface area contributed by atoms with E-state index in [1.54, 1.807) is 30.7 Å². The number of benzene rings is 1. The highest BCUT2D eigenvalue weighted by molar-refractivity contribution is 5.97. The van der Waals surface area contributed by atoms with E-state index in [9.17, 15) is 9.59 Å². The Bertz CT molecular complexity index is 869. The maximum Gasteiger partial charge on any atom is 0.417 e. The second kappa shape index (κ2) is 4.91. The minimum absolute atomic E-state index is 0.0209. The molecule has 1 fully saturated rings. The highest BCUT2D eigenvalue weighted by Crippen LogP contribution is 2.23. The number of rotatable bonds is 3. The van der Waals surface area contributed by atoms with Crippen molar-refractivity contribution in [2.45, 2.75) is 6.42 Å². The molecule has 6 nitrogen and oxygen atoms in total. The Morgan fingerprint density at radius 3 is 2.95 bits per heavy atom. The van der Waals surface area contributed by atoms with Gasteiger partial charge in [0.25, 0.3) is 5.91 Å². The lowest BCUT2D eigenvalue weighted by Crippen LogP contribution is -2.50. The zero-order valence-electron chi connectivity index (χ0n) is 11.7. The third-order valence-electron chi connectivity index (χ3n) is 4.01. The van der Waals surface area contributed by atoms with Gasteiger partial charge >= 0.3 is 5.76 Å². The number of H-pyrrole nitrogens is 1. The second-order valence-corrected chi connectivity index (χ2v) is 5.64.